The Balaban J connectivity index is 1.27. The first-order chi connectivity index (χ1) is 15.7. The molecule has 3 saturated heterocycles. The van der Waals surface area contributed by atoms with E-state index in [0.717, 1.165) is 49.4 Å². The van der Waals surface area contributed by atoms with Crippen LogP contribution in [-0.4, -0.2) is 56.2 Å². The molecule has 3 atom stereocenters. The lowest BCUT2D eigenvalue weighted by atomic mass is 9.85. The Kier molecular flexibility index (Phi) is 4.54. The van der Waals surface area contributed by atoms with Crippen molar-refractivity contribution in [3.63, 3.8) is 0 Å². The lowest BCUT2D eigenvalue weighted by Crippen LogP contribution is -2.49. The monoisotopic (exact) mass is 429 g/mol. The molecule has 0 saturated carbocycles. The zero-order valence-corrected chi connectivity index (χ0v) is 18.2. The van der Waals surface area contributed by atoms with Gasteiger partial charge in [0, 0.05) is 49.2 Å². The molecule has 0 radical (unpaired) electrons. The van der Waals surface area contributed by atoms with Crippen molar-refractivity contribution in [3.8, 4) is 11.4 Å². The number of carbonyl (C=O) groups is 1. The second kappa shape index (κ2) is 7.45. The molecule has 0 unspecified atom stereocenters. The molecule has 0 bridgehead atoms. The van der Waals surface area contributed by atoms with Gasteiger partial charge in [0.15, 0.2) is 0 Å². The number of rotatable bonds is 5. The average molecular weight is 430 g/mol. The Morgan fingerprint density at radius 1 is 1.19 bits per heavy atom. The first-order valence-electron chi connectivity index (χ1n) is 11.3. The number of ether oxygens (including phenoxy) is 1. The van der Waals surface area contributed by atoms with Crippen molar-refractivity contribution in [1.29, 1.82) is 0 Å². The van der Waals surface area contributed by atoms with Crippen LogP contribution in [0.3, 0.4) is 0 Å². The van der Waals surface area contributed by atoms with E-state index in [1.807, 2.05) is 53.5 Å². The van der Waals surface area contributed by atoms with Crippen LogP contribution >= 0.6 is 0 Å². The van der Waals surface area contributed by atoms with Crippen LogP contribution in [0.1, 0.15) is 36.4 Å². The number of para-hydroxylation sites is 2. The second-order valence-electron chi connectivity index (χ2n) is 9.11. The third-order valence-electron chi connectivity index (χ3n) is 7.54. The molecule has 1 aromatic carbocycles. The minimum atomic E-state index is -0.348. The third-order valence-corrected chi connectivity index (χ3v) is 7.54. The van der Waals surface area contributed by atoms with Gasteiger partial charge in [-0.3, -0.25) is 14.7 Å². The highest BCUT2D eigenvalue weighted by molar-refractivity contribution is 5.90. The third kappa shape index (κ3) is 2.80. The van der Waals surface area contributed by atoms with E-state index >= 15 is 0 Å². The van der Waals surface area contributed by atoms with Crippen LogP contribution in [0.15, 0.2) is 61.2 Å². The van der Waals surface area contributed by atoms with Gasteiger partial charge in [-0.1, -0.05) is 18.2 Å². The van der Waals surface area contributed by atoms with E-state index in [-0.39, 0.29) is 11.6 Å². The number of likely N-dealkylation sites (tertiary alicyclic amines) is 1. The molecule has 3 aliphatic heterocycles. The van der Waals surface area contributed by atoms with Gasteiger partial charge in [0.25, 0.3) is 0 Å². The van der Waals surface area contributed by atoms with Crippen LogP contribution in [0.2, 0.25) is 0 Å². The maximum atomic E-state index is 13.7. The molecule has 2 aromatic heterocycles. The molecule has 0 N–H and O–H groups in total. The van der Waals surface area contributed by atoms with Gasteiger partial charge >= 0.3 is 0 Å². The normalized spacial score (nSPS) is 27.0. The largest absolute Gasteiger partial charge is 0.494 e. The van der Waals surface area contributed by atoms with E-state index in [0.29, 0.717) is 18.4 Å². The van der Waals surface area contributed by atoms with Crippen molar-refractivity contribution in [1.82, 2.24) is 24.6 Å². The standard InChI is InChI=1S/C25H27N5O2/c1-32-23-8-3-2-7-21(23)30-16-19(14-27-30)22-12-20-17-28(15-18-6-4-10-26-13-18)24(31)25(20)9-5-11-29(22)25/h2-4,6-8,10,13-14,16,20,22H,5,9,11-12,15,17H2,1H3/t20-,22-,25-/m0/s1. The Morgan fingerprint density at radius 3 is 2.94 bits per heavy atom. The van der Waals surface area contributed by atoms with E-state index in [1.165, 1.54) is 5.56 Å². The van der Waals surface area contributed by atoms with Gasteiger partial charge in [-0.15, -0.1) is 0 Å². The number of nitrogens with zero attached hydrogens (tertiary/aromatic N) is 5. The van der Waals surface area contributed by atoms with Crippen LogP contribution in [0.4, 0.5) is 0 Å². The minimum absolute atomic E-state index is 0.232. The zero-order chi connectivity index (χ0) is 21.7. The van der Waals surface area contributed by atoms with Gasteiger partial charge in [0.2, 0.25) is 5.91 Å². The summed E-state index contributed by atoms with van der Waals surface area (Å²) < 4.78 is 7.40. The number of amides is 1. The molecule has 7 heteroatoms. The van der Waals surface area contributed by atoms with Gasteiger partial charge in [0.1, 0.15) is 17.0 Å². The molecule has 5 heterocycles. The number of pyridine rings is 1. The number of aromatic nitrogens is 3. The van der Waals surface area contributed by atoms with Crippen molar-refractivity contribution >= 4 is 5.91 Å². The van der Waals surface area contributed by atoms with Crippen LogP contribution in [0.5, 0.6) is 5.75 Å². The van der Waals surface area contributed by atoms with Gasteiger partial charge in [-0.05, 0) is 49.6 Å². The minimum Gasteiger partial charge on any atom is -0.494 e. The van der Waals surface area contributed by atoms with Crippen molar-refractivity contribution in [2.24, 2.45) is 5.92 Å². The van der Waals surface area contributed by atoms with Gasteiger partial charge in [0.05, 0.1) is 13.3 Å². The predicted octanol–water partition coefficient (Wildman–Crippen LogP) is 3.21. The lowest BCUT2D eigenvalue weighted by molar-refractivity contribution is -0.137. The molecular formula is C25H27N5O2. The summed E-state index contributed by atoms with van der Waals surface area (Å²) in [7, 11) is 1.68. The molecule has 1 spiro atoms. The van der Waals surface area contributed by atoms with Gasteiger partial charge in [-0.2, -0.15) is 5.10 Å². The number of hydrogen-bond donors (Lipinski definition) is 0. The molecular weight excluding hydrogens is 402 g/mol. The summed E-state index contributed by atoms with van der Waals surface area (Å²) in [5.41, 5.74) is 2.85. The average Bonchev–Trinajstić information content (AvgIpc) is 3.58. The molecule has 164 valence electrons. The predicted molar refractivity (Wildman–Crippen MR) is 119 cm³/mol. The van der Waals surface area contributed by atoms with E-state index < -0.39 is 0 Å². The fourth-order valence-corrected chi connectivity index (χ4v) is 6.20. The first kappa shape index (κ1) is 19.5. The molecule has 3 aliphatic rings. The summed E-state index contributed by atoms with van der Waals surface area (Å²) in [6.07, 6.45) is 10.7. The Morgan fingerprint density at radius 2 is 2.09 bits per heavy atom. The van der Waals surface area contributed by atoms with Crippen molar-refractivity contribution < 1.29 is 9.53 Å². The van der Waals surface area contributed by atoms with Crippen molar-refractivity contribution in [2.75, 3.05) is 20.2 Å². The summed E-state index contributed by atoms with van der Waals surface area (Å²) >= 11 is 0. The lowest BCUT2D eigenvalue weighted by Gasteiger charge is -2.33. The SMILES string of the molecule is COc1ccccc1-n1cc([C@@H]2C[C@H]3CN(Cc4cccnc4)C(=O)[C@]34CCCN24)cn1. The number of hydrogen-bond acceptors (Lipinski definition) is 5. The van der Waals surface area contributed by atoms with Crippen molar-refractivity contribution in [3.05, 3.63) is 72.3 Å². The fraction of sp³-hybridized carbons (Fsp3) is 0.400. The van der Waals surface area contributed by atoms with E-state index in [2.05, 4.69) is 26.1 Å². The first-order valence-corrected chi connectivity index (χ1v) is 11.3. The fourth-order valence-electron chi connectivity index (χ4n) is 6.20. The summed E-state index contributed by atoms with van der Waals surface area (Å²) in [6, 6.07) is 12.1. The van der Waals surface area contributed by atoms with E-state index in [4.69, 9.17) is 4.74 Å². The molecule has 6 rings (SSSR count). The van der Waals surface area contributed by atoms with Gasteiger partial charge in [-0.25, -0.2) is 4.68 Å². The quantitative estimate of drug-likeness (QED) is 0.623. The highest BCUT2D eigenvalue weighted by atomic mass is 16.5. The maximum absolute atomic E-state index is 13.7. The molecule has 32 heavy (non-hydrogen) atoms. The summed E-state index contributed by atoms with van der Waals surface area (Å²) in [6.45, 7) is 2.43. The van der Waals surface area contributed by atoms with Crippen LogP contribution < -0.4 is 4.74 Å². The smallest absolute Gasteiger partial charge is 0.243 e. The van der Waals surface area contributed by atoms with E-state index in [9.17, 15) is 4.79 Å². The maximum Gasteiger partial charge on any atom is 0.243 e. The summed E-state index contributed by atoms with van der Waals surface area (Å²) in [5, 5.41) is 4.64. The zero-order valence-electron chi connectivity index (χ0n) is 18.2. The van der Waals surface area contributed by atoms with Crippen molar-refractivity contribution in [2.45, 2.75) is 37.4 Å². The molecule has 3 fully saturated rings. The molecule has 0 aliphatic carbocycles. The Hall–Kier alpha value is -3.19. The number of benzene rings is 1. The number of carbonyl (C=O) groups excluding carboxylic acids is 1. The summed E-state index contributed by atoms with van der Waals surface area (Å²) in [5.74, 6) is 1.45. The molecule has 3 aromatic rings. The summed E-state index contributed by atoms with van der Waals surface area (Å²) in [4.78, 5) is 22.5. The second-order valence-corrected chi connectivity index (χ2v) is 9.11. The molecule has 1 amide bonds. The van der Waals surface area contributed by atoms with Gasteiger partial charge < -0.3 is 9.64 Å². The highest BCUT2D eigenvalue weighted by Crippen LogP contribution is 2.56. The van der Waals surface area contributed by atoms with Crippen LogP contribution in [0.25, 0.3) is 5.69 Å². The van der Waals surface area contributed by atoms with E-state index in [1.54, 1.807) is 13.3 Å². The topological polar surface area (TPSA) is 63.5 Å². The van der Waals surface area contributed by atoms with Crippen LogP contribution in [-0.2, 0) is 11.3 Å². The number of methoxy groups -OCH3 is 1. The molecule has 7 nitrogen and oxygen atoms in total. The Labute approximate surface area is 187 Å². The Bertz CT molecular complexity index is 1150. The highest BCUT2D eigenvalue weighted by Gasteiger charge is 2.65. The van der Waals surface area contributed by atoms with Crippen LogP contribution in [0, 0.1) is 5.92 Å².